The van der Waals surface area contributed by atoms with Gasteiger partial charge in [0.1, 0.15) is 0 Å². The molecule has 0 aliphatic carbocycles. The Hall–Kier alpha value is -2.92. The van der Waals surface area contributed by atoms with E-state index in [1.807, 2.05) is 18.2 Å². The zero-order valence-electron chi connectivity index (χ0n) is 31.6. The Morgan fingerprint density at radius 1 is 0.792 bits per heavy atom. The summed E-state index contributed by atoms with van der Waals surface area (Å²) in [6, 6.07) is 20.7. The van der Waals surface area contributed by atoms with Gasteiger partial charge < -0.3 is 21.7 Å². The Labute approximate surface area is 309 Å². The quantitative estimate of drug-likeness (QED) is 0.0985. The number of aryl methyl sites for hydroxylation is 2. The van der Waals surface area contributed by atoms with E-state index in [1.165, 1.54) is 33.4 Å². The van der Waals surface area contributed by atoms with E-state index in [0.29, 0.717) is 29.6 Å². The summed E-state index contributed by atoms with van der Waals surface area (Å²) >= 11 is 0. The fourth-order valence-electron chi connectivity index (χ4n) is 6.77. The van der Waals surface area contributed by atoms with Crippen LogP contribution in [0.4, 0.5) is 5.69 Å². The minimum Gasteiger partial charge on any atom is -0.671 e. The predicted molar refractivity (Wildman–Crippen MR) is 201 cm³/mol. The third-order valence-electron chi connectivity index (χ3n) is 9.37. The number of aromatic nitrogens is 2. The maximum absolute atomic E-state index is 6.31. The van der Waals surface area contributed by atoms with Crippen molar-refractivity contribution in [1.82, 2.24) is 9.55 Å². The van der Waals surface area contributed by atoms with Gasteiger partial charge in [0.05, 0.1) is 17.3 Å². The molecular weight excluding hydrogens is 753 g/mol. The number of nitrogens with zero attached hydrogens (tertiary/aromatic N) is 3. The standard InChI is InChI=1S/C42H53N3O.CH3.Hf/c1-13-36-39(32-17-14-15-20-37(32)46-36)35-23-45(12)42(43-35)41(44-40-30(25(4)5)18-16-19-31(40)26(6)7)38-33(27(8)9)21-29(24(2)3)22-34(38)28(10)11;;/h14-16,18-28,41H,13H2,1-12H3;1H3;/q-2;-1;. The minimum atomic E-state index is -0.292. The summed E-state index contributed by atoms with van der Waals surface area (Å²) in [6.07, 6.45) is 2.94. The van der Waals surface area contributed by atoms with Crippen molar-refractivity contribution >= 4 is 16.7 Å². The van der Waals surface area contributed by atoms with Gasteiger partial charge in [-0.2, -0.15) is 0 Å². The van der Waals surface area contributed by atoms with Gasteiger partial charge in [0.2, 0.25) is 0 Å². The first kappa shape index (κ1) is 39.5. The van der Waals surface area contributed by atoms with E-state index in [-0.39, 0.29) is 39.3 Å². The summed E-state index contributed by atoms with van der Waals surface area (Å²) in [5, 5.41) is 6.83. The number of para-hydroxylation sites is 1. The van der Waals surface area contributed by atoms with Crippen LogP contribution in [-0.4, -0.2) is 9.55 Å². The van der Waals surface area contributed by atoms with Crippen molar-refractivity contribution in [3.63, 3.8) is 0 Å². The van der Waals surface area contributed by atoms with Crippen molar-refractivity contribution in [2.24, 2.45) is 7.05 Å². The molecule has 0 saturated heterocycles. The molecule has 2 heterocycles. The molecule has 1 unspecified atom stereocenters. The number of benzene rings is 3. The average molecular weight is 809 g/mol. The Morgan fingerprint density at radius 2 is 1.35 bits per heavy atom. The van der Waals surface area contributed by atoms with E-state index in [4.69, 9.17) is 14.7 Å². The van der Waals surface area contributed by atoms with Gasteiger partial charge >= 0.3 is 0 Å². The van der Waals surface area contributed by atoms with Crippen molar-refractivity contribution in [3.8, 4) is 11.3 Å². The van der Waals surface area contributed by atoms with E-state index < -0.39 is 0 Å². The average Bonchev–Trinajstić information content (AvgIpc) is 3.58. The second-order valence-corrected chi connectivity index (χ2v) is 14.5. The first-order chi connectivity index (χ1) is 21.8. The number of furan rings is 1. The Kier molecular flexibility index (Phi) is 13.3. The third-order valence-corrected chi connectivity index (χ3v) is 9.37. The van der Waals surface area contributed by atoms with Gasteiger partial charge in [-0.3, -0.25) is 0 Å². The molecule has 0 aliphatic rings. The molecule has 2 aromatic heterocycles. The number of hydrogen-bond donors (Lipinski definition) is 0. The van der Waals surface area contributed by atoms with E-state index in [0.717, 1.165) is 45.9 Å². The van der Waals surface area contributed by atoms with Crippen LogP contribution in [-0.2, 0) is 39.3 Å². The SMILES string of the molecule is CCc1oc2ccc[c-]c2c1-c1cn(C)c(C([N-]c2c(C(C)C)cccc2C(C)C)c2c(C(C)C)cc(C(C)C)cc2C(C)C)n1.[CH3-].[Hf]. The molecule has 5 heteroatoms. The number of imidazole rings is 1. The molecule has 0 fully saturated rings. The summed E-state index contributed by atoms with van der Waals surface area (Å²) < 4.78 is 8.51. The molecule has 5 rings (SSSR count). The van der Waals surface area contributed by atoms with Crippen LogP contribution < -0.4 is 0 Å². The zero-order chi connectivity index (χ0) is 33.4. The van der Waals surface area contributed by atoms with Crippen molar-refractivity contribution < 1.29 is 30.3 Å². The summed E-state index contributed by atoms with van der Waals surface area (Å²) in [4.78, 5) is 5.48. The van der Waals surface area contributed by atoms with Crippen LogP contribution in [0.3, 0.4) is 0 Å². The summed E-state index contributed by atoms with van der Waals surface area (Å²) in [5.41, 5.74) is 11.9. The van der Waals surface area contributed by atoms with Gasteiger partial charge in [-0.1, -0.05) is 123 Å². The van der Waals surface area contributed by atoms with Crippen molar-refractivity contribution in [2.45, 2.75) is 118 Å². The van der Waals surface area contributed by atoms with Crippen LogP contribution in [0.15, 0.2) is 59.1 Å². The monoisotopic (exact) mass is 810 g/mol. The summed E-state index contributed by atoms with van der Waals surface area (Å²) in [6.45, 7) is 25.1. The second kappa shape index (κ2) is 16.2. The van der Waals surface area contributed by atoms with Crippen LogP contribution in [0.2, 0.25) is 0 Å². The van der Waals surface area contributed by atoms with E-state index in [2.05, 4.69) is 130 Å². The van der Waals surface area contributed by atoms with Crippen molar-refractivity contribution in [3.05, 3.63) is 119 Å². The molecule has 0 amide bonds. The molecular formula is C43H56HfN3O-3. The molecule has 4 nitrogen and oxygen atoms in total. The summed E-state index contributed by atoms with van der Waals surface area (Å²) in [5.74, 6) is 3.65. The fraction of sp³-hybridized carbons (Fsp3) is 0.442. The van der Waals surface area contributed by atoms with Crippen LogP contribution in [0.25, 0.3) is 27.5 Å². The number of hydrogen-bond acceptors (Lipinski definition) is 2. The fourth-order valence-corrected chi connectivity index (χ4v) is 6.77. The maximum Gasteiger partial charge on any atom is 0.0974 e. The van der Waals surface area contributed by atoms with Crippen molar-refractivity contribution in [1.29, 1.82) is 0 Å². The predicted octanol–water partition coefficient (Wildman–Crippen LogP) is 13.1. The van der Waals surface area contributed by atoms with Gasteiger partial charge in [0, 0.05) is 44.7 Å². The third kappa shape index (κ3) is 7.62. The normalized spacial score (nSPS) is 12.4. The largest absolute Gasteiger partial charge is 0.671 e. The van der Waals surface area contributed by atoms with E-state index in [9.17, 15) is 0 Å². The van der Waals surface area contributed by atoms with E-state index in [1.54, 1.807) is 0 Å². The minimum absolute atomic E-state index is 0. The Bertz CT molecular complexity index is 1770. The molecule has 0 radical (unpaired) electrons. The van der Waals surface area contributed by atoms with Crippen LogP contribution in [0, 0.1) is 13.5 Å². The summed E-state index contributed by atoms with van der Waals surface area (Å²) in [7, 11) is 2.12. The number of rotatable bonds is 11. The van der Waals surface area contributed by atoms with Gasteiger partial charge in [-0.25, -0.2) is 4.98 Å². The molecule has 1 atom stereocenters. The van der Waals surface area contributed by atoms with E-state index >= 15 is 0 Å². The van der Waals surface area contributed by atoms with Gasteiger partial charge in [-0.05, 0) is 69.9 Å². The van der Waals surface area contributed by atoms with Gasteiger partial charge in [-0.15, -0.1) is 30.0 Å². The maximum atomic E-state index is 6.31. The molecule has 0 N–H and O–H groups in total. The molecule has 0 bridgehead atoms. The first-order valence-corrected chi connectivity index (χ1v) is 17.3. The van der Waals surface area contributed by atoms with Crippen LogP contribution >= 0.6 is 0 Å². The molecule has 0 saturated carbocycles. The molecule has 256 valence electrons. The van der Waals surface area contributed by atoms with Gasteiger partial charge in [0.15, 0.2) is 0 Å². The molecule has 0 aliphatic heterocycles. The number of fused-ring (bicyclic) bond motifs is 1. The molecule has 0 spiro atoms. The second-order valence-electron chi connectivity index (χ2n) is 14.5. The van der Waals surface area contributed by atoms with Crippen LogP contribution in [0.1, 0.15) is 157 Å². The zero-order valence-corrected chi connectivity index (χ0v) is 35.2. The first-order valence-electron chi connectivity index (χ1n) is 17.3. The smallest absolute Gasteiger partial charge is 0.0974 e. The Balaban J connectivity index is 0.00000312. The van der Waals surface area contributed by atoms with Crippen molar-refractivity contribution in [2.75, 3.05) is 0 Å². The molecule has 5 aromatic rings. The van der Waals surface area contributed by atoms with Crippen LogP contribution in [0.5, 0.6) is 0 Å². The molecule has 3 aromatic carbocycles. The Morgan fingerprint density at radius 3 is 1.85 bits per heavy atom. The topological polar surface area (TPSA) is 45.1 Å². The molecule has 48 heavy (non-hydrogen) atoms. The van der Waals surface area contributed by atoms with Gasteiger partial charge in [0.25, 0.3) is 0 Å².